The minimum atomic E-state index is 0.355. The number of ether oxygens (including phenoxy) is 2. The predicted molar refractivity (Wildman–Crippen MR) is 118 cm³/mol. The first-order valence-corrected chi connectivity index (χ1v) is 9.90. The molecule has 0 amide bonds. The van der Waals surface area contributed by atoms with Crippen molar-refractivity contribution in [3.8, 4) is 11.5 Å². The Labute approximate surface area is 184 Å². The number of hydrogen-bond donors (Lipinski definition) is 1. The summed E-state index contributed by atoms with van der Waals surface area (Å²) in [5.74, 6) is 1.16. The first-order chi connectivity index (χ1) is 13.5. The highest BCUT2D eigenvalue weighted by molar-refractivity contribution is 6.42. The molecule has 146 valence electrons. The van der Waals surface area contributed by atoms with E-state index in [0.717, 1.165) is 16.8 Å². The summed E-state index contributed by atoms with van der Waals surface area (Å²) in [7, 11) is 1.59. The Bertz CT molecular complexity index is 979. The molecule has 0 spiro atoms. The monoisotopic (exact) mass is 455 g/mol. The Morgan fingerprint density at radius 1 is 0.821 bits per heavy atom. The van der Waals surface area contributed by atoms with Gasteiger partial charge in [-0.05, 0) is 47.5 Å². The minimum Gasteiger partial charge on any atom is -0.493 e. The highest BCUT2D eigenvalue weighted by atomic mass is 35.5. The SMILES string of the molecule is COc1cc(CNc2ccc(Cl)c(Cl)c2)c(Cl)cc1OCc1cccc(Cl)c1. The van der Waals surface area contributed by atoms with Crippen molar-refractivity contribution in [2.75, 3.05) is 12.4 Å². The van der Waals surface area contributed by atoms with Crippen LogP contribution in [0.1, 0.15) is 11.1 Å². The molecule has 7 heteroatoms. The van der Waals surface area contributed by atoms with Gasteiger partial charge in [0.1, 0.15) is 6.61 Å². The van der Waals surface area contributed by atoms with E-state index in [0.29, 0.717) is 44.7 Å². The quantitative estimate of drug-likeness (QED) is 0.399. The zero-order valence-electron chi connectivity index (χ0n) is 14.9. The van der Waals surface area contributed by atoms with Crippen LogP contribution in [0.3, 0.4) is 0 Å². The van der Waals surface area contributed by atoms with E-state index in [4.69, 9.17) is 55.9 Å². The van der Waals surface area contributed by atoms with E-state index < -0.39 is 0 Å². The molecule has 0 aliphatic rings. The van der Waals surface area contributed by atoms with Crippen molar-refractivity contribution >= 4 is 52.1 Å². The van der Waals surface area contributed by atoms with Crippen LogP contribution in [0.15, 0.2) is 54.6 Å². The molecule has 0 fully saturated rings. The number of anilines is 1. The zero-order chi connectivity index (χ0) is 20.1. The van der Waals surface area contributed by atoms with Gasteiger partial charge >= 0.3 is 0 Å². The van der Waals surface area contributed by atoms with Gasteiger partial charge in [-0.3, -0.25) is 0 Å². The molecule has 0 atom stereocenters. The largest absolute Gasteiger partial charge is 0.493 e. The third-order valence-corrected chi connectivity index (χ3v) is 5.34. The summed E-state index contributed by atoms with van der Waals surface area (Å²) in [5.41, 5.74) is 2.65. The van der Waals surface area contributed by atoms with E-state index in [1.54, 1.807) is 25.3 Å². The average molecular weight is 457 g/mol. The van der Waals surface area contributed by atoms with E-state index in [1.807, 2.05) is 36.4 Å². The Hall–Kier alpha value is -1.78. The number of halogens is 4. The van der Waals surface area contributed by atoms with Crippen LogP contribution < -0.4 is 14.8 Å². The summed E-state index contributed by atoms with van der Waals surface area (Å²) in [4.78, 5) is 0. The summed E-state index contributed by atoms with van der Waals surface area (Å²) >= 11 is 24.4. The Morgan fingerprint density at radius 3 is 2.36 bits per heavy atom. The molecule has 0 radical (unpaired) electrons. The van der Waals surface area contributed by atoms with Gasteiger partial charge in [0, 0.05) is 28.3 Å². The lowest BCUT2D eigenvalue weighted by Crippen LogP contribution is -2.03. The highest BCUT2D eigenvalue weighted by Crippen LogP contribution is 2.34. The molecule has 3 rings (SSSR count). The number of hydrogen-bond acceptors (Lipinski definition) is 3. The van der Waals surface area contributed by atoms with Crippen molar-refractivity contribution in [1.82, 2.24) is 0 Å². The van der Waals surface area contributed by atoms with Crippen LogP contribution in [-0.2, 0) is 13.2 Å². The molecule has 0 aliphatic carbocycles. The molecule has 0 saturated heterocycles. The summed E-state index contributed by atoms with van der Waals surface area (Å²) in [6.45, 7) is 0.843. The van der Waals surface area contributed by atoms with Crippen LogP contribution in [0.4, 0.5) is 5.69 Å². The van der Waals surface area contributed by atoms with E-state index >= 15 is 0 Å². The number of benzene rings is 3. The van der Waals surface area contributed by atoms with E-state index in [9.17, 15) is 0 Å². The van der Waals surface area contributed by atoms with Gasteiger partial charge in [0.25, 0.3) is 0 Å². The fourth-order valence-corrected chi connectivity index (χ4v) is 3.31. The molecular weight excluding hydrogens is 440 g/mol. The molecule has 0 bridgehead atoms. The van der Waals surface area contributed by atoms with E-state index in [-0.39, 0.29) is 0 Å². The van der Waals surface area contributed by atoms with Crippen LogP contribution in [0, 0.1) is 0 Å². The van der Waals surface area contributed by atoms with Crippen LogP contribution in [0.5, 0.6) is 11.5 Å². The zero-order valence-corrected chi connectivity index (χ0v) is 18.0. The second kappa shape index (κ2) is 9.62. The van der Waals surface area contributed by atoms with Crippen molar-refractivity contribution in [2.45, 2.75) is 13.2 Å². The van der Waals surface area contributed by atoms with Crippen molar-refractivity contribution < 1.29 is 9.47 Å². The van der Waals surface area contributed by atoms with Crippen molar-refractivity contribution in [3.05, 3.63) is 85.8 Å². The minimum absolute atomic E-state index is 0.355. The van der Waals surface area contributed by atoms with Crippen LogP contribution in [-0.4, -0.2) is 7.11 Å². The van der Waals surface area contributed by atoms with Crippen molar-refractivity contribution in [3.63, 3.8) is 0 Å². The second-order valence-corrected chi connectivity index (χ2v) is 7.65. The molecule has 0 heterocycles. The standard InChI is InChI=1S/C21H17Cl4NO2/c1-27-20-8-14(11-26-16-5-6-17(23)19(25)9-16)18(24)10-21(20)28-12-13-3-2-4-15(22)7-13/h2-10,26H,11-12H2,1H3. The Balaban J connectivity index is 1.72. The van der Waals surface area contributed by atoms with Gasteiger partial charge < -0.3 is 14.8 Å². The topological polar surface area (TPSA) is 30.5 Å². The Kier molecular flexibility index (Phi) is 7.19. The molecule has 3 nitrogen and oxygen atoms in total. The number of methoxy groups -OCH3 is 1. The predicted octanol–water partition coefficient (Wildman–Crippen LogP) is 7.50. The smallest absolute Gasteiger partial charge is 0.163 e. The van der Waals surface area contributed by atoms with Crippen LogP contribution >= 0.6 is 46.4 Å². The average Bonchev–Trinajstić information content (AvgIpc) is 2.68. The first kappa shape index (κ1) is 20.9. The lowest BCUT2D eigenvalue weighted by molar-refractivity contribution is 0.284. The normalized spacial score (nSPS) is 10.6. The maximum atomic E-state index is 6.44. The Morgan fingerprint density at radius 2 is 1.64 bits per heavy atom. The van der Waals surface area contributed by atoms with Gasteiger partial charge in [0.05, 0.1) is 17.2 Å². The van der Waals surface area contributed by atoms with Gasteiger partial charge in [-0.1, -0.05) is 58.5 Å². The van der Waals surface area contributed by atoms with Crippen molar-refractivity contribution in [2.24, 2.45) is 0 Å². The molecule has 28 heavy (non-hydrogen) atoms. The summed E-state index contributed by atoms with van der Waals surface area (Å²) in [6.07, 6.45) is 0. The molecule has 0 unspecified atom stereocenters. The van der Waals surface area contributed by atoms with Gasteiger partial charge in [-0.2, -0.15) is 0 Å². The molecule has 3 aromatic carbocycles. The molecule has 1 N–H and O–H groups in total. The van der Waals surface area contributed by atoms with Crippen LogP contribution in [0.2, 0.25) is 20.1 Å². The van der Waals surface area contributed by atoms with E-state index in [2.05, 4.69) is 5.32 Å². The van der Waals surface area contributed by atoms with Gasteiger partial charge in [-0.15, -0.1) is 0 Å². The lowest BCUT2D eigenvalue weighted by atomic mass is 10.2. The summed E-state index contributed by atoms with van der Waals surface area (Å²) in [5, 5.41) is 5.49. The molecule has 3 aromatic rings. The summed E-state index contributed by atoms with van der Waals surface area (Å²) in [6, 6.07) is 16.4. The fraction of sp³-hybridized carbons (Fsp3) is 0.143. The maximum Gasteiger partial charge on any atom is 0.163 e. The number of nitrogens with one attached hydrogen (secondary N) is 1. The second-order valence-electron chi connectivity index (χ2n) is 6.00. The van der Waals surface area contributed by atoms with Gasteiger partial charge in [-0.25, -0.2) is 0 Å². The van der Waals surface area contributed by atoms with Gasteiger partial charge in [0.2, 0.25) is 0 Å². The molecule has 0 aromatic heterocycles. The maximum absolute atomic E-state index is 6.44. The van der Waals surface area contributed by atoms with Crippen molar-refractivity contribution in [1.29, 1.82) is 0 Å². The highest BCUT2D eigenvalue weighted by Gasteiger charge is 2.11. The summed E-state index contributed by atoms with van der Waals surface area (Å²) < 4.78 is 11.3. The molecule has 0 aliphatic heterocycles. The first-order valence-electron chi connectivity index (χ1n) is 8.39. The molecule has 0 saturated carbocycles. The lowest BCUT2D eigenvalue weighted by Gasteiger charge is -2.15. The van der Waals surface area contributed by atoms with Crippen LogP contribution in [0.25, 0.3) is 0 Å². The van der Waals surface area contributed by atoms with Gasteiger partial charge in [0.15, 0.2) is 11.5 Å². The number of rotatable bonds is 7. The third-order valence-electron chi connectivity index (χ3n) is 4.02. The third kappa shape index (κ3) is 5.39. The molecular formula is C21H17Cl4NO2. The van der Waals surface area contributed by atoms with E-state index in [1.165, 1.54) is 0 Å². The fourth-order valence-electron chi connectivity index (χ4n) is 2.58.